The van der Waals surface area contributed by atoms with Gasteiger partial charge in [0.15, 0.2) is 0 Å². The first-order chi connectivity index (χ1) is 12.7. The highest BCUT2D eigenvalue weighted by molar-refractivity contribution is 5.78. The summed E-state index contributed by atoms with van der Waals surface area (Å²) in [6.45, 7) is 0. The third-order valence-electron chi connectivity index (χ3n) is 5.28. The Labute approximate surface area is 155 Å². The summed E-state index contributed by atoms with van der Waals surface area (Å²) in [5, 5.41) is 3.21. The maximum atomic E-state index is 13.3. The molecule has 0 spiro atoms. The molecular formula is C21H30FN3O. The van der Waals surface area contributed by atoms with Crippen LogP contribution in [-0.4, -0.2) is 21.3 Å². The first-order valence-corrected chi connectivity index (χ1v) is 10.1. The Morgan fingerprint density at radius 2 is 1.62 bits per heavy atom. The molecule has 2 heterocycles. The zero-order valence-corrected chi connectivity index (χ0v) is 15.6. The molecule has 26 heavy (non-hydrogen) atoms. The van der Waals surface area contributed by atoms with Crippen molar-refractivity contribution >= 4 is 11.6 Å². The van der Waals surface area contributed by atoms with Crippen molar-refractivity contribution in [2.45, 2.75) is 83.1 Å². The molecule has 2 aromatic rings. The molecule has 1 saturated carbocycles. The zero-order chi connectivity index (χ0) is 18.2. The van der Waals surface area contributed by atoms with Gasteiger partial charge < -0.3 is 9.72 Å². The number of halogens is 1. The summed E-state index contributed by atoms with van der Waals surface area (Å²) in [5.41, 5.74) is 1.35. The van der Waals surface area contributed by atoms with Gasteiger partial charge in [-0.3, -0.25) is 4.79 Å². The van der Waals surface area contributed by atoms with Gasteiger partial charge in [-0.05, 0) is 25.0 Å². The van der Waals surface area contributed by atoms with Crippen LogP contribution in [0, 0.1) is 5.82 Å². The van der Waals surface area contributed by atoms with Crippen molar-refractivity contribution in [1.82, 2.24) is 14.7 Å². The van der Waals surface area contributed by atoms with E-state index < -0.39 is 0 Å². The van der Waals surface area contributed by atoms with Crippen LogP contribution in [0.5, 0.6) is 0 Å². The quantitative estimate of drug-likeness (QED) is 0.855. The maximum absolute atomic E-state index is 13.3. The van der Waals surface area contributed by atoms with Gasteiger partial charge in [0.25, 0.3) is 0 Å². The van der Waals surface area contributed by atoms with E-state index >= 15 is 0 Å². The average molecular weight is 359 g/mol. The monoisotopic (exact) mass is 359 g/mol. The number of amides is 1. The number of hydrogen-bond acceptors (Lipinski definition) is 2. The molecule has 4 nitrogen and oxygen atoms in total. The van der Waals surface area contributed by atoms with Crippen LogP contribution in [-0.2, 0) is 11.2 Å². The number of hydrogen-bond donors (Lipinski definition) is 1. The molecule has 2 aromatic heterocycles. The minimum atomic E-state index is -0.306. The Bertz CT molecular complexity index is 700. The molecule has 0 aliphatic heterocycles. The van der Waals surface area contributed by atoms with Crippen molar-refractivity contribution in [3.8, 4) is 0 Å². The molecule has 0 atom stereocenters. The van der Waals surface area contributed by atoms with Crippen molar-refractivity contribution in [2.24, 2.45) is 0 Å². The van der Waals surface area contributed by atoms with Crippen molar-refractivity contribution in [3.05, 3.63) is 36.0 Å². The van der Waals surface area contributed by atoms with E-state index in [2.05, 4.69) is 10.3 Å². The molecule has 142 valence electrons. The van der Waals surface area contributed by atoms with Gasteiger partial charge in [-0.2, -0.15) is 0 Å². The summed E-state index contributed by atoms with van der Waals surface area (Å²) in [5.74, 6) is -0.287. The third kappa shape index (κ3) is 5.82. The highest BCUT2D eigenvalue weighted by Gasteiger charge is 2.14. The summed E-state index contributed by atoms with van der Waals surface area (Å²) in [6.07, 6.45) is 17.2. The standard InChI is InChI=1S/C21H30FN3O/c22-17-12-13-20-23-19(16-25(20)15-17)14-21(26)24-18-10-8-6-4-2-1-3-5-7-9-11-18/h12-13,15-16,18H,1-11,14H2,(H,24,26). The number of imidazole rings is 1. The molecule has 1 aliphatic rings. The number of nitrogens with zero attached hydrogens (tertiary/aromatic N) is 2. The number of carbonyl (C=O) groups is 1. The van der Waals surface area contributed by atoms with Gasteiger partial charge in [0.1, 0.15) is 11.5 Å². The molecule has 5 heteroatoms. The second-order valence-electron chi connectivity index (χ2n) is 7.55. The number of aromatic nitrogens is 2. The fraction of sp³-hybridized carbons (Fsp3) is 0.619. The minimum absolute atomic E-state index is 0.0194. The molecule has 0 bridgehead atoms. The number of rotatable bonds is 3. The second-order valence-corrected chi connectivity index (χ2v) is 7.55. The first-order valence-electron chi connectivity index (χ1n) is 10.1. The molecule has 0 radical (unpaired) electrons. The van der Waals surface area contributed by atoms with E-state index in [9.17, 15) is 9.18 Å². The van der Waals surface area contributed by atoms with E-state index in [1.807, 2.05) is 0 Å². The number of nitrogens with one attached hydrogen (secondary N) is 1. The fourth-order valence-electron chi connectivity index (χ4n) is 3.85. The predicted octanol–water partition coefficient (Wildman–Crippen LogP) is 4.81. The van der Waals surface area contributed by atoms with Crippen LogP contribution in [0.1, 0.15) is 76.3 Å². The lowest BCUT2D eigenvalue weighted by molar-refractivity contribution is -0.121. The van der Waals surface area contributed by atoms with Crippen LogP contribution in [0.3, 0.4) is 0 Å². The van der Waals surface area contributed by atoms with E-state index in [0.29, 0.717) is 11.3 Å². The molecular weight excluding hydrogens is 329 g/mol. The van der Waals surface area contributed by atoms with E-state index in [-0.39, 0.29) is 24.2 Å². The highest BCUT2D eigenvalue weighted by Crippen LogP contribution is 2.17. The van der Waals surface area contributed by atoms with E-state index in [4.69, 9.17) is 0 Å². The molecule has 1 fully saturated rings. The van der Waals surface area contributed by atoms with Gasteiger partial charge in [0.2, 0.25) is 5.91 Å². The second kappa shape index (κ2) is 9.70. The molecule has 0 aromatic carbocycles. The van der Waals surface area contributed by atoms with Gasteiger partial charge in [-0.25, -0.2) is 9.37 Å². The van der Waals surface area contributed by atoms with Gasteiger partial charge in [0.05, 0.1) is 12.1 Å². The average Bonchev–Trinajstić information content (AvgIpc) is 2.98. The predicted molar refractivity (Wildman–Crippen MR) is 102 cm³/mol. The largest absolute Gasteiger partial charge is 0.353 e. The van der Waals surface area contributed by atoms with Crippen LogP contribution in [0.25, 0.3) is 5.65 Å². The number of fused-ring (bicyclic) bond motifs is 1. The molecule has 1 amide bonds. The Morgan fingerprint density at radius 1 is 1.00 bits per heavy atom. The zero-order valence-electron chi connectivity index (χ0n) is 15.6. The maximum Gasteiger partial charge on any atom is 0.226 e. The van der Waals surface area contributed by atoms with Gasteiger partial charge >= 0.3 is 0 Å². The normalized spacial score (nSPS) is 18.2. The summed E-state index contributed by atoms with van der Waals surface area (Å²) >= 11 is 0. The Morgan fingerprint density at radius 3 is 2.27 bits per heavy atom. The van der Waals surface area contributed by atoms with Gasteiger partial charge in [-0.15, -0.1) is 0 Å². The van der Waals surface area contributed by atoms with Gasteiger partial charge in [-0.1, -0.05) is 57.8 Å². The lowest BCUT2D eigenvalue weighted by atomic mass is 9.98. The first kappa shape index (κ1) is 18.9. The topological polar surface area (TPSA) is 46.4 Å². The summed E-state index contributed by atoms with van der Waals surface area (Å²) in [6, 6.07) is 3.29. The summed E-state index contributed by atoms with van der Waals surface area (Å²) in [4.78, 5) is 16.9. The van der Waals surface area contributed by atoms with Crippen molar-refractivity contribution in [3.63, 3.8) is 0 Å². The van der Waals surface area contributed by atoms with E-state index in [1.165, 1.54) is 70.1 Å². The lowest BCUT2D eigenvalue weighted by Gasteiger charge is -2.19. The van der Waals surface area contributed by atoms with Crippen LogP contribution >= 0.6 is 0 Å². The van der Waals surface area contributed by atoms with Crippen LogP contribution in [0.2, 0.25) is 0 Å². The SMILES string of the molecule is O=C(Cc1cn2cc(F)ccc2n1)NC1CCCCCCCCCCC1. The smallest absolute Gasteiger partial charge is 0.226 e. The fourth-order valence-corrected chi connectivity index (χ4v) is 3.85. The molecule has 1 N–H and O–H groups in total. The van der Waals surface area contributed by atoms with Crippen molar-refractivity contribution in [2.75, 3.05) is 0 Å². The van der Waals surface area contributed by atoms with E-state index in [0.717, 1.165) is 12.8 Å². The van der Waals surface area contributed by atoms with Crippen LogP contribution < -0.4 is 5.32 Å². The molecule has 3 rings (SSSR count). The Kier molecular flexibility index (Phi) is 7.04. The van der Waals surface area contributed by atoms with Gasteiger partial charge in [0, 0.05) is 18.4 Å². The van der Waals surface area contributed by atoms with E-state index in [1.54, 1.807) is 16.7 Å². The summed E-state index contributed by atoms with van der Waals surface area (Å²) in [7, 11) is 0. The molecule has 0 saturated heterocycles. The lowest BCUT2D eigenvalue weighted by Crippen LogP contribution is -2.36. The number of carbonyl (C=O) groups excluding carboxylic acids is 1. The minimum Gasteiger partial charge on any atom is -0.353 e. The molecule has 0 unspecified atom stereocenters. The molecule has 1 aliphatic carbocycles. The Hall–Kier alpha value is -1.91. The highest BCUT2D eigenvalue weighted by atomic mass is 19.1. The summed E-state index contributed by atoms with van der Waals surface area (Å²) < 4.78 is 14.9. The Balaban J connectivity index is 1.53. The number of pyridine rings is 1. The van der Waals surface area contributed by atoms with Crippen LogP contribution in [0.15, 0.2) is 24.5 Å². The van der Waals surface area contributed by atoms with Crippen molar-refractivity contribution < 1.29 is 9.18 Å². The van der Waals surface area contributed by atoms with Crippen LogP contribution in [0.4, 0.5) is 4.39 Å². The van der Waals surface area contributed by atoms with Crippen molar-refractivity contribution in [1.29, 1.82) is 0 Å². The third-order valence-corrected chi connectivity index (χ3v) is 5.28.